The normalized spacial score (nSPS) is 12.1. The molecular formula is C28H32N4O2S. The van der Waals surface area contributed by atoms with E-state index in [0.29, 0.717) is 11.1 Å². The summed E-state index contributed by atoms with van der Waals surface area (Å²) in [6.07, 6.45) is 1.93. The molecule has 0 aliphatic heterocycles. The zero-order valence-electron chi connectivity index (χ0n) is 21.1. The molecule has 0 fully saturated rings. The third-order valence-electron chi connectivity index (χ3n) is 6.54. The van der Waals surface area contributed by atoms with Gasteiger partial charge in [0, 0.05) is 59.1 Å². The second-order valence-electron chi connectivity index (χ2n) is 9.02. The first-order valence-corrected chi connectivity index (χ1v) is 12.9. The number of H-pyrrole nitrogens is 1. The van der Waals surface area contributed by atoms with E-state index in [1.165, 1.54) is 17.3 Å². The van der Waals surface area contributed by atoms with Crippen LogP contribution < -0.4 is 15.8 Å². The predicted octanol–water partition coefficient (Wildman–Crippen LogP) is 5.27. The minimum Gasteiger partial charge on any atom is -0.378 e. The van der Waals surface area contributed by atoms with Crippen molar-refractivity contribution in [2.75, 3.05) is 25.3 Å². The lowest BCUT2D eigenvalue weighted by atomic mass is 10.1. The van der Waals surface area contributed by atoms with E-state index >= 15 is 0 Å². The lowest BCUT2D eigenvalue weighted by Crippen LogP contribution is -2.28. The van der Waals surface area contributed by atoms with Crippen molar-refractivity contribution in [3.8, 4) is 0 Å². The molecule has 4 aromatic rings. The van der Waals surface area contributed by atoms with Crippen molar-refractivity contribution in [2.24, 2.45) is 0 Å². The molecule has 2 aromatic heterocycles. The van der Waals surface area contributed by atoms with E-state index in [1.807, 2.05) is 58.5 Å². The Balaban J connectivity index is 1.70. The molecule has 0 bridgehead atoms. The minimum atomic E-state index is -0.181. The van der Waals surface area contributed by atoms with Crippen LogP contribution >= 0.6 is 11.8 Å². The van der Waals surface area contributed by atoms with Gasteiger partial charge in [-0.25, -0.2) is 0 Å². The zero-order chi connectivity index (χ0) is 25.3. The van der Waals surface area contributed by atoms with Gasteiger partial charge in [-0.3, -0.25) is 9.59 Å². The van der Waals surface area contributed by atoms with Crippen LogP contribution in [0.25, 0.3) is 10.9 Å². The number of aromatic nitrogens is 2. The summed E-state index contributed by atoms with van der Waals surface area (Å²) in [5.41, 5.74) is 6.09. The number of nitrogens with one attached hydrogen (secondary N) is 2. The van der Waals surface area contributed by atoms with Gasteiger partial charge in [-0.1, -0.05) is 30.3 Å². The predicted molar refractivity (Wildman–Crippen MR) is 146 cm³/mol. The van der Waals surface area contributed by atoms with Crippen molar-refractivity contribution in [2.45, 2.75) is 38.3 Å². The standard InChI is InChI=1S/C28H32N4O2S/c1-17-15-25(35-6)23(27(33)30-17)16-29-28(34)26-19(3)32(24-10-8-7-9-22(24)26)18(2)20-11-13-21(14-12-20)31(4)5/h7-15,18H,16H2,1-6H3,(H,29,34)(H,30,33). The number of para-hydroxylation sites is 1. The van der Waals surface area contributed by atoms with E-state index in [2.05, 4.69) is 57.0 Å². The van der Waals surface area contributed by atoms with Gasteiger partial charge in [0.05, 0.1) is 11.6 Å². The van der Waals surface area contributed by atoms with E-state index in [0.717, 1.165) is 32.9 Å². The summed E-state index contributed by atoms with van der Waals surface area (Å²) in [5, 5.41) is 3.91. The third kappa shape index (κ3) is 4.73. The summed E-state index contributed by atoms with van der Waals surface area (Å²) in [7, 11) is 4.05. The number of anilines is 1. The molecule has 0 aliphatic carbocycles. The summed E-state index contributed by atoms with van der Waals surface area (Å²) >= 11 is 1.51. The van der Waals surface area contributed by atoms with Gasteiger partial charge in [-0.15, -0.1) is 11.8 Å². The second kappa shape index (κ2) is 10.0. The molecule has 4 rings (SSSR count). The molecule has 1 unspecified atom stereocenters. The van der Waals surface area contributed by atoms with Gasteiger partial charge in [0.2, 0.25) is 0 Å². The SMILES string of the molecule is CSc1cc(C)[nH]c(=O)c1CNC(=O)c1c(C)n(C(C)c2ccc(N(C)C)cc2)c2ccccc12. The average Bonchev–Trinajstić information content (AvgIpc) is 3.14. The summed E-state index contributed by atoms with van der Waals surface area (Å²) in [6.45, 7) is 6.18. The van der Waals surface area contributed by atoms with Crippen LogP contribution in [0.15, 0.2) is 64.3 Å². The molecule has 7 heteroatoms. The molecule has 0 radical (unpaired) electrons. The van der Waals surface area contributed by atoms with Gasteiger partial charge in [0.15, 0.2) is 0 Å². The van der Waals surface area contributed by atoms with Crippen LogP contribution in [0.2, 0.25) is 0 Å². The number of carbonyl (C=O) groups is 1. The smallest absolute Gasteiger partial charge is 0.254 e. The Morgan fingerprint density at radius 1 is 1.11 bits per heavy atom. The van der Waals surface area contributed by atoms with E-state index < -0.39 is 0 Å². The highest BCUT2D eigenvalue weighted by Crippen LogP contribution is 2.32. The first kappa shape index (κ1) is 24.7. The number of nitrogens with zero attached hydrogens (tertiary/aromatic N) is 2. The number of hydrogen-bond acceptors (Lipinski definition) is 4. The maximum Gasteiger partial charge on any atom is 0.254 e. The number of benzene rings is 2. The van der Waals surface area contributed by atoms with Crippen molar-refractivity contribution in [3.05, 3.63) is 93.0 Å². The Labute approximate surface area is 210 Å². The van der Waals surface area contributed by atoms with Crippen LogP contribution in [0.5, 0.6) is 0 Å². The van der Waals surface area contributed by atoms with Crippen molar-refractivity contribution < 1.29 is 4.79 Å². The fraction of sp³-hybridized carbons (Fsp3) is 0.286. The lowest BCUT2D eigenvalue weighted by molar-refractivity contribution is 0.0951. The number of aromatic amines is 1. The second-order valence-corrected chi connectivity index (χ2v) is 9.87. The Kier molecular flexibility index (Phi) is 7.08. The molecule has 6 nitrogen and oxygen atoms in total. The quantitative estimate of drug-likeness (QED) is 0.348. The van der Waals surface area contributed by atoms with Crippen LogP contribution in [-0.4, -0.2) is 35.8 Å². The Hall–Kier alpha value is -3.45. The fourth-order valence-electron chi connectivity index (χ4n) is 4.67. The molecule has 1 atom stereocenters. The summed E-state index contributed by atoms with van der Waals surface area (Å²) in [4.78, 5) is 31.8. The van der Waals surface area contributed by atoms with E-state index in [9.17, 15) is 9.59 Å². The first-order chi connectivity index (χ1) is 16.7. The molecule has 0 saturated carbocycles. The van der Waals surface area contributed by atoms with Crippen LogP contribution in [0, 0.1) is 13.8 Å². The topological polar surface area (TPSA) is 70.1 Å². The van der Waals surface area contributed by atoms with Crippen molar-refractivity contribution in [1.29, 1.82) is 0 Å². The number of carbonyl (C=O) groups excluding carboxylic acids is 1. The zero-order valence-corrected chi connectivity index (χ0v) is 21.9. The largest absolute Gasteiger partial charge is 0.378 e. The van der Waals surface area contributed by atoms with Gasteiger partial charge >= 0.3 is 0 Å². The highest BCUT2D eigenvalue weighted by molar-refractivity contribution is 7.98. The molecule has 0 saturated heterocycles. The number of rotatable bonds is 7. The lowest BCUT2D eigenvalue weighted by Gasteiger charge is -2.20. The third-order valence-corrected chi connectivity index (χ3v) is 7.34. The highest BCUT2D eigenvalue weighted by atomic mass is 32.2. The maximum absolute atomic E-state index is 13.5. The summed E-state index contributed by atoms with van der Waals surface area (Å²) in [5.74, 6) is -0.181. The van der Waals surface area contributed by atoms with Gasteiger partial charge in [0.25, 0.3) is 11.5 Å². The molecule has 182 valence electrons. The van der Waals surface area contributed by atoms with Crippen LogP contribution in [-0.2, 0) is 6.54 Å². The van der Waals surface area contributed by atoms with Gasteiger partial charge in [0.1, 0.15) is 0 Å². The molecule has 2 heterocycles. The minimum absolute atomic E-state index is 0.0423. The van der Waals surface area contributed by atoms with Crippen molar-refractivity contribution in [1.82, 2.24) is 14.9 Å². The average molecular weight is 489 g/mol. The molecule has 35 heavy (non-hydrogen) atoms. The monoisotopic (exact) mass is 488 g/mol. The Morgan fingerprint density at radius 2 is 1.80 bits per heavy atom. The van der Waals surface area contributed by atoms with E-state index in [4.69, 9.17) is 0 Å². The Bertz CT molecular complexity index is 1430. The van der Waals surface area contributed by atoms with E-state index in [1.54, 1.807) is 0 Å². The molecular weight excluding hydrogens is 456 g/mol. The molecule has 0 aliphatic rings. The molecule has 2 aromatic carbocycles. The summed E-state index contributed by atoms with van der Waals surface area (Å²) < 4.78 is 2.22. The highest BCUT2D eigenvalue weighted by Gasteiger charge is 2.23. The first-order valence-electron chi connectivity index (χ1n) is 11.6. The van der Waals surface area contributed by atoms with E-state index in [-0.39, 0.29) is 24.1 Å². The number of aryl methyl sites for hydroxylation is 1. The van der Waals surface area contributed by atoms with Gasteiger partial charge in [-0.05, 0) is 56.9 Å². The van der Waals surface area contributed by atoms with Gasteiger partial charge in [-0.2, -0.15) is 0 Å². The summed E-state index contributed by atoms with van der Waals surface area (Å²) in [6, 6.07) is 18.5. The van der Waals surface area contributed by atoms with Crippen LogP contribution in [0.4, 0.5) is 5.69 Å². The molecule has 1 amide bonds. The number of hydrogen-bond donors (Lipinski definition) is 2. The van der Waals surface area contributed by atoms with Crippen LogP contribution in [0.3, 0.4) is 0 Å². The van der Waals surface area contributed by atoms with Crippen LogP contribution in [0.1, 0.15) is 45.8 Å². The number of amides is 1. The van der Waals surface area contributed by atoms with Crippen molar-refractivity contribution in [3.63, 3.8) is 0 Å². The number of fused-ring (bicyclic) bond motifs is 1. The maximum atomic E-state index is 13.5. The molecule has 0 spiro atoms. The van der Waals surface area contributed by atoms with Crippen molar-refractivity contribution >= 4 is 34.3 Å². The Morgan fingerprint density at radius 3 is 2.46 bits per heavy atom. The number of thioether (sulfide) groups is 1. The molecule has 2 N–H and O–H groups in total. The number of pyridine rings is 1. The van der Waals surface area contributed by atoms with Gasteiger partial charge < -0.3 is 19.8 Å². The fourth-order valence-corrected chi connectivity index (χ4v) is 5.38.